The standard InChI is InChI=1S/C31H33F3N2O2/c1-22(23-2-4-24(5-3-23)28-11-10-27(33)20-29(28)34)36-15-13-31(21-30(36)37,25-6-8-26(32)9-7-25)12-14-35-16-18-38-19-17-35/h2-11,20,22H,12-19,21H2,1H3/t22-,31-/m0/s1. The highest BCUT2D eigenvalue weighted by Crippen LogP contribution is 2.42. The van der Waals surface area contributed by atoms with E-state index in [1.165, 1.54) is 24.3 Å². The van der Waals surface area contributed by atoms with Gasteiger partial charge in [0.15, 0.2) is 0 Å². The molecule has 0 spiro atoms. The number of hydrogen-bond acceptors (Lipinski definition) is 3. The van der Waals surface area contributed by atoms with Gasteiger partial charge >= 0.3 is 0 Å². The van der Waals surface area contributed by atoms with Crippen molar-refractivity contribution < 1.29 is 22.7 Å². The lowest BCUT2D eigenvalue weighted by molar-refractivity contribution is -0.138. The second-order valence-electron chi connectivity index (χ2n) is 10.4. The minimum Gasteiger partial charge on any atom is -0.379 e. The molecule has 3 aromatic carbocycles. The van der Waals surface area contributed by atoms with Gasteiger partial charge in [-0.15, -0.1) is 0 Å². The molecule has 0 radical (unpaired) electrons. The lowest BCUT2D eigenvalue weighted by atomic mass is 9.69. The molecule has 0 bridgehead atoms. The van der Waals surface area contributed by atoms with E-state index in [1.54, 1.807) is 0 Å². The van der Waals surface area contributed by atoms with Gasteiger partial charge in [0.05, 0.1) is 19.3 Å². The summed E-state index contributed by atoms with van der Waals surface area (Å²) in [6.07, 6.45) is 1.98. The van der Waals surface area contributed by atoms with Crippen molar-refractivity contribution in [1.29, 1.82) is 0 Å². The number of halogens is 3. The first-order chi connectivity index (χ1) is 18.3. The van der Waals surface area contributed by atoms with Crippen molar-refractivity contribution in [3.8, 4) is 11.1 Å². The summed E-state index contributed by atoms with van der Waals surface area (Å²) in [6.45, 7) is 6.67. The van der Waals surface area contributed by atoms with Crippen molar-refractivity contribution in [2.45, 2.75) is 37.6 Å². The maximum absolute atomic E-state index is 14.2. The van der Waals surface area contributed by atoms with Gasteiger partial charge in [-0.3, -0.25) is 9.69 Å². The van der Waals surface area contributed by atoms with Gasteiger partial charge < -0.3 is 9.64 Å². The van der Waals surface area contributed by atoms with Crippen LogP contribution in [0.3, 0.4) is 0 Å². The van der Waals surface area contributed by atoms with Crippen LogP contribution in [0.2, 0.25) is 0 Å². The molecule has 7 heteroatoms. The maximum Gasteiger partial charge on any atom is 0.223 e. The van der Waals surface area contributed by atoms with E-state index in [0.717, 1.165) is 62.9 Å². The van der Waals surface area contributed by atoms with Crippen LogP contribution >= 0.6 is 0 Å². The molecule has 4 nitrogen and oxygen atoms in total. The number of hydrogen-bond donors (Lipinski definition) is 0. The first-order valence-electron chi connectivity index (χ1n) is 13.3. The summed E-state index contributed by atoms with van der Waals surface area (Å²) in [5.41, 5.74) is 2.61. The van der Waals surface area contributed by atoms with Crippen LogP contribution in [0.15, 0.2) is 66.7 Å². The van der Waals surface area contributed by atoms with Crippen molar-refractivity contribution in [2.24, 2.45) is 0 Å². The predicted molar refractivity (Wildman–Crippen MR) is 141 cm³/mol. The summed E-state index contributed by atoms with van der Waals surface area (Å²) in [4.78, 5) is 17.9. The van der Waals surface area contributed by atoms with Gasteiger partial charge in [-0.25, -0.2) is 13.2 Å². The highest BCUT2D eigenvalue weighted by molar-refractivity contribution is 5.79. The Morgan fingerprint density at radius 1 is 0.895 bits per heavy atom. The van der Waals surface area contributed by atoms with Crippen LogP contribution in [0.25, 0.3) is 11.1 Å². The third-order valence-corrected chi connectivity index (χ3v) is 8.21. The number of rotatable bonds is 7. The zero-order valence-corrected chi connectivity index (χ0v) is 21.6. The van der Waals surface area contributed by atoms with E-state index in [-0.39, 0.29) is 23.2 Å². The molecule has 0 N–H and O–H groups in total. The van der Waals surface area contributed by atoms with Crippen molar-refractivity contribution in [3.63, 3.8) is 0 Å². The predicted octanol–water partition coefficient (Wildman–Crippen LogP) is 6.11. The Morgan fingerprint density at radius 2 is 1.58 bits per heavy atom. The van der Waals surface area contributed by atoms with E-state index in [2.05, 4.69) is 4.90 Å². The van der Waals surface area contributed by atoms with Gasteiger partial charge in [-0.2, -0.15) is 0 Å². The van der Waals surface area contributed by atoms with Crippen LogP contribution in [0.1, 0.15) is 43.4 Å². The van der Waals surface area contributed by atoms with Gasteiger partial charge in [-0.05, 0) is 67.3 Å². The number of carbonyl (C=O) groups is 1. The molecule has 2 saturated heterocycles. The summed E-state index contributed by atoms with van der Waals surface area (Å²) in [5, 5.41) is 0. The van der Waals surface area contributed by atoms with Crippen LogP contribution in [0.4, 0.5) is 13.2 Å². The number of morpholine rings is 1. The second kappa shape index (κ2) is 11.3. The number of benzene rings is 3. The SMILES string of the molecule is C[C@@H](c1ccc(-c2ccc(F)cc2F)cc1)N1CC[C@](CCN2CCOCC2)(c2ccc(F)cc2)CC1=O. The second-order valence-corrected chi connectivity index (χ2v) is 10.4. The van der Waals surface area contributed by atoms with Crippen LogP contribution < -0.4 is 0 Å². The van der Waals surface area contributed by atoms with Crippen molar-refractivity contribution in [2.75, 3.05) is 39.4 Å². The Labute approximate surface area is 222 Å². The average molecular weight is 523 g/mol. The normalized spacial score (nSPS) is 21.5. The molecule has 1 amide bonds. The van der Waals surface area contributed by atoms with Gasteiger partial charge in [0.1, 0.15) is 17.5 Å². The molecule has 5 rings (SSSR count). The quantitative estimate of drug-likeness (QED) is 0.375. The fourth-order valence-corrected chi connectivity index (χ4v) is 5.80. The molecular weight excluding hydrogens is 489 g/mol. The smallest absolute Gasteiger partial charge is 0.223 e. The monoisotopic (exact) mass is 522 g/mol. The van der Waals surface area contributed by atoms with Crippen LogP contribution in [0.5, 0.6) is 0 Å². The number of amides is 1. The maximum atomic E-state index is 14.2. The summed E-state index contributed by atoms with van der Waals surface area (Å²) < 4.78 is 46.7. The van der Waals surface area contributed by atoms with Crippen molar-refractivity contribution in [1.82, 2.24) is 9.80 Å². The molecule has 2 atom stereocenters. The van der Waals surface area contributed by atoms with Crippen LogP contribution in [-0.2, 0) is 14.9 Å². The van der Waals surface area contributed by atoms with E-state index in [1.807, 2.05) is 48.2 Å². The fourth-order valence-electron chi connectivity index (χ4n) is 5.80. The molecule has 0 aromatic heterocycles. The highest BCUT2D eigenvalue weighted by Gasteiger charge is 2.41. The number of nitrogens with zero attached hydrogens (tertiary/aromatic N) is 2. The molecule has 2 heterocycles. The molecule has 0 unspecified atom stereocenters. The first-order valence-corrected chi connectivity index (χ1v) is 13.3. The van der Waals surface area contributed by atoms with E-state index in [0.29, 0.717) is 24.1 Å². The summed E-state index contributed by atoms with van der Waals surface area (Å²) >= 11 is 0. The summed E-state index contributed by atoms with van der Waals surface area (Å²) in [6, 6.07) is 17.4. The van der Waals surface area contributed by atoms with Crippen LogP contribution in [0, 0.1) is 17.5 Å². The first kappa shape index (κ1) is 26.4. The summed E-state index contributed by atoms with van der Waals surface area (Å²) in [5.74, 6) is -1.42. The fraction of sp³-hybridized carbons (Fsp3) is 0.387. The van der Waals surface area contributed by atoms with E-state index in [4.69, 9.17) is 4.74 Å². The highest BCUT2D eigenvalue weighted by atomic mass is 19.1. The number of carbonyl (C=O) groups excluding carboxylic acids is 1. The molecule has 2 aliphatic heterocycles. The molecule has 200 valence electrons. The molecular formula is C31H33F3N2O2. The molecule has 3 aromatic rings. The lowest BCUT2D eigenvalue weighted by Gasteiger charge is -2.45. The van der Waals surface area contributed by atoms with Crippen molar-refractivity contribution >= 4 is 5.91 Å². The van der Waals surface area contributed by atoms with E-state index in [9.17, 15) is 18.0 Å². The number of piperidine rings is 1. The molecule has 38 heavy (non-hydrogen) atoms. The number of likely N-dealkylation sites (tertiary alicyclic amines) is 1. The van der Waals surface area contributed by atoms with E-state index < -0.39 is 11.6 Å². The Kier molecular flexibility index (Phi) is 7.86. The molecule has 2 fully saturated rings. The zero-order chi connectivity index (χ0) is 26.7. The van der Waals surface area contributed by atoms with Crippen LogP contribution in [-0.4, -0.2) is 55.1 Å². The third kappa shape index (κ3) is 5.64. The van der Waals surface area contributed by atoms with Gasteiger partial charge in [0, 0.05) is 43.1 Å². The average Bonchev–Trinajstić information content (AvgIpc) is 2.93. The molecule has 0 saturated carbocycles. The Hall–Kier alpha value is -3.16. The minimum absolute atomic E-state index is 0.0729. The van der Waals surface area contributed by atoms with Crippen molar-refractivity contribution in [3.05, 3.63) is 95.3 Å². The lowest BCUT2D eigenvalue weighted by Crippen LogP contribution is -2.49. The number of ether oxygens (including phenoxy) is 1. The Balaban J connectivity index is 1.32. The Morgan fingerprint density at radius 3 is 2.24 bits per heavy atom. The van der Waals surface area contributed by atoms with Gasteiger partial charge in [0.2, 0.25) is 5.91 Å². The Bertz CT molecular complexity index is 1260. The minimum atomic E-state index is -0.609. The molecule has 2 aliphatic rings. The third-order valence-electron chi connectivity index (χ3n) is 8.21. The zero-order valence-electron chi connectivity index (χ0n) is 21.6. The largest absolute Gasteiger partial charge is 0.379 e. The topological polar surface area (TPSA) is 32.8 Å². The van der Waals surface area contributed by atoms with Gasteiger partial charge in [0.25, 0.3) is 0 Å². The van der Waals surface area contributed by atoms with E-state index >= 15 is 0 Å². The summed E-state index contributed by atoms with van der Waals surface area (Å²) in [7, 11) is 0. The van der Waals surface area contributed by atoms with Gasteiger partial charge in [-0.1, -0.05) is 36.4 Å². The molecule has 0 aliphatic carbocycles.